The predicted octanol–water partition coefficient (Wildman–Crippen LogP) is 0.655. The van der Waals surface area contributed by atoms with Crippen molar-refractivity contribution in [1.29, 1.82) is 0 Å². The van der Waals surface area contributed by atoms with Crippen molar-refractivity contribution >= 4 is 49.0 Å². The van der Waals surface area contributed by atoms with E-state index in [4.69, 9.17) is 5.73 Å². The highest BCUT2D eigenvalue weighted by Crippen LogP contribution is 2.10. The number of hydrogen-bond donors (Lipinski definition) is 2. The fourth-order valence-corrected chi connectivity index (χ4v) is 2.22. The molecule has 0 bridgehead atoms. The summed E-state index contributed by atoms with van der Waals surface area (Å²) in [5.41, 5.74) is 5.27. The third-order valence-electron chi connectivity index (χ3n) is 1.73. The molecule has 0 amide bonds. The van der Waals surface area contributed by atoms with Crippen LogP contribution in [-0.4, -0.2) is 28.6 Å². The number of thiocarbonyl (C=S) groups is 1. The largest absolute Gasteiger partial charge is 0.392 e. The van der Waals surface area contributed by atoms with Crippen LogP contribution in [0.1, 0.15) is 6.92 Å². The summed E-state index contributed by atoms with van der Waals surface area (Å²) in [4.78, 5) is 7.55. The molecular formula is C7H9BrN4O2S2. The van der Waals surface area contributed by atoms with E-state index in [-0.39, 0.29) is 10.8 Å². The molecule has 88 valence electrons. The highest BCUT2D eigenvalue weighted by Gasteiger charge is 2.23. The van der Waals surface area contributed by atoms with Crippen molar-refractivity contribution in [2.75, 3.05) is 4.72 Å². The van der Waals surface area contributed by atoms with E-state index in [2.05, 4.69) is 42.8 Å². The summed E-state index contributed by atoms with van der Waals surface area (Å²) in [6.07, 6.45) is 2.66. The average Bonchev–Trinajstić information content (AvgIpc) is 2.20. The van der Waals surface area contributed by atoms with Gasteiger partial charge in [-0.3, -0.25) is 4.72 Å². The number of rotatable bonds is 4. The summed E-state index contributed by atoms with van der Waals surface area (Å²) in [7, 11) is -3.66. The van der Waals surface area contributed by atoms with Gasteiger partial charge in [-0.2, -0.15) is 0 Å². The van der Waals surface area contributed by atoms with E-state index in [9.17, 15) is 8.42 Å². The Morgan fingerprint density at radius 2 is 2.19 bits per heavy atom. The average molecular weight is 325 g/mol. The molecule has 6 nitrogen and oxygen atoms in total. The lowest BCUT2D eigenvalue weighted by Gasteiger charge is -2.12. The summed E-state index contributed by atoms with van der Waals surface area (Å²) in [6, 6.07) is 0. The van der Waals surface area contributed by atoms with Gasteiger partial charge in [0, 0.05) is 0 Å². The monoisotopic (exact) mass is 324 g/mol. The van der Waals surface area contributed by atoms with Gasteiger partial charge in [0.1, 0.15) is 9.85 Å². The third kappa shape index (κ3) is 3.35. The Balaban J connectivity index is 2.89. The van der Waals surface area contributed by atoms with E-state index < -0.39 is 15.3 Å². The summed E-state index contributed by atoms with van der Waals surface area (Å²) < 4.78 is 26.1. The molecule has 16 heavy (non-hydrogen) atoms. The third-order valence-corrected chi connectivity index (χ3v) is 4.32. The number of aromatic nitrogens is 2. The maximum Gasteiger partial charge on any atom is 0.243 e. The van der Waals surface area contributed by atoms with E-state index in [0.29, 0.717) is 4.60 Å². The topological polar surface area (TPSA) is 98.0 Å². The Hall–Kier alpha value is -0.800. The second-order valence-corrected chi connectivity index (χ2v) is 6.20. The smallest absolute Gasteiger partial charge is 0.243 e. The van der Waals surface area contributed by atoms with Crippen LogP contribution in [0.2, 0.25) is 0 Å². The van der Waals surface area contributed by atoms with Crippen LogP contribution in [-0.2, 0) is 10.0 Å². The van der Waals surface area contributed by atoms with Gasteiger partial charge in [0.2, 0.25) is 10.0 Å². The molecule has 9 heteroatoms. The van der Waals surface area contributed by atoms with Crippen molar-refractivity contribution in [2.24, 2.45) is 5.73 Å². The first-order valence-corrected chi connectivity index (χ1v) is 6.86. The molecular weight excluding hydrogens is 316 g/mol. The van der Waals surface area contributed by atoms with E-state index in [1.54, 1.807) is 0 Å². The second kappa shape index (κ2) is 5.02. The lowest BCUT2D eigenvalue weighted by molar-refractivity contribution is 0.598. The van der Waals surface area contributed by atoms with Crippen LogP contribution in [0.15, 0.2) is 17.0 Å². The second-order valence-electron chi connectivity index (χ2n) is 2.92. The fourth-order valence-electron chi connectivity index (χ4n) is 0.752. The molecule has 1 rings (SSSR count). The van der Waals surface area contributed by atoms with Crippen molar-refractivity contribution in [3.63, 3.8) is 0 Å². The number of sulfonamides is 1. The van der Waals surface area contributed by atoms with Gasteiger partial charge in [-0.05, 0) is 22.9 Å². The van der Waals surface area contributed by atoms with Gasteiger partial charge in [0.05, 0.1) is 17.4 Å². The van der Waals surface area contributed by atoms with Crippen LogP contribution in [0.25, 0.3) is 0 Å². The lowest BCUT2D eigenvalue weighted by atomic mass is 10.5. The van der Waals surface area contributed by atoms with Crippen LogP contribution in [0.3, 0.4) is 0 Å². The molecule has 0 aromatic carbocycles. The van der Waals surface area contributed by atoms with Crippen molar-refractivity contribution in [2.45, 2.75) is 12.2 Å². The van der Waals surface area contributed by atoms with Crippen molar-refractivity contribution in [3.05, 3.63) is 17.0 Å². The molecule has 0 spiro atoms. The van der Waals surface area contributed by atoms with Gasteiger partial charge < -0.3 is 5.73 Å². The van der Waals surface area contributed by atoms with Crippen LogP contribution in [0, 0.1) is 0 Å². The normalized spacial score (nSPS) is 13.1. The first-order valence-electron chi connectivity index (χ1n) is 4.11. The van der Waals surface area contributed by atoms with Crippen molar-refractivity contribution < 1.29 is 8.42 Å². The molecule has 0 radical (unpaired) electrons. The Kier molecular flexibility index (Phi) is 4.16. The molecule has 0 aliphatic carbocycles. The van der Waals surface area contributed by atoms with Gasteiger partial charge in [-0.1, -0.05) is 12.2 Å². The summed E-state index contributed by atoms with van der Waals surface area (Å²) in [6.45, 7) is 1.40. The highest BCUT2D eigenvalue weighted by atomic mass is 79.9. The van der Waals surface area contributed by atoms with Crippen LogP contribution in [0.4, 0.5) is 5.82 Å². The summed E-state index contributed by atoms with van der Waals surface area (Å²) >= 11 is 7.70. The minimum absolute atomic E-state index is 0.0995. The zero-order valence-electron chi connectivity index (χ0n) is 8.21. The molecule has 1 atom stereocenters. The molecule has 1 aromatic rings. The van der Waals surface area contributed by atoms with Crippen LogP contribution < -0.4 is 10.5 Å². The Morgan fingerprint density at radius 3 is 2.62 bits per heavy atom. The Bertz CT molecular complexity index is 488. The first-order chi connectivity index (χ1) is 7.33. The molecule has 0 aliphatic rings. The van der Waals surface area contributed by atoms with E-state index in [1.165, 1.54) is 19.3 Å². The zero-order chi connectivity index (χ0) is 12.3. The molecule has 3 N–H and O–H groups in total. The number of halogens is 1. The fraction of sp³-hybridized carbons (Fsp3) is 0.286. The molecule has 0 fully saturated rings. The van der Waals surface area contributed by atoms with Crippen LogP contribution >= 0.6 is 28.1 Å². The summed E-state index contributed by atoms with van der Waals surface area (Å²) in [5, 5.41) is -0.965. The van der Waals surface area contributed by atoms with Gasteiger partial charge in [0.25, 0.3) is 0 Å². The van der Waals surface area contributed by atoms with Gasteiger partial charge in [0.15, 0.2) is 5.82 Å². The molecule has 1 heterocycles. The van der Waals surface area contributed by atoms with Crippen LogP contribution in [0.5, 0.6) is 0 Å². The highest BCUT2D eigenvalue weighted by molar-refractivity contribution is 9.10. The molecule has 0 aliphatic heterocycles. The van der Waals surface area contributed by atoms with E-state index in [1.807, 2.05) is 0 Å². The lowest BCUT2D eigenvalue weighted by Crippen LogP contribution is -2.35. The minimum Gasteiger partial charge on any atom is -0.392 e. The molecule has 0 saturated carbocycles. The van der Waals surface area contributed by atoms with Gasteiger partial charge in [-0.25, -0.2) is 18.4 Å². The molecule has 1 aromatic heterocycles. The number of hydrogen-bond acceptors (Lipinski definition) is 5. The Labute approximate surface area is 107 Å². The zero-order valence-corrected chi connectivity index (χ0v) is 11.4. The van der Waals surface area contributed by atoms with Crippen molar-refractivity contribution in [3.8, 4) is 0 Å². The first kappa shape index (κ1) is 13.3. The van der Waals surface area contributed by atoms with Gasteiger partial charge >= 0.3 is 0 Å². The predicted molar refractivity (Wildman–Crippen MR) is 68.5 cm³/mol. The standard InChI is InChI=1S/C7H9BrN4O2S2/c1-4(7(9)15)16(13,14)12-6-3-10-5(8)2-11-6/h2-4H,1H3,(H2,9,15)(H,11,12). The SMILES string of the molecule is CC(C(N)=S)S(=O)(=O)Nc1cnc(Br)cn1. The number of nitrogens with two attached hydrogens (primary N) is 1. The maximum atomic E-state index is 11.7. The number of nitrogens with zero attached hydrogens (tertiary/aromatic N) is 2. The Morgan fingerprint density at radius 1 is 1.56 bits per heavy atom. The number of anilines is 1. The van der Waals surface area contributed by atoms with E-state index >= 15 is 0 Å². The molecule has 0 saturated heterocycles. The van der Waals surface area contributed by atoms with Gasteiger partial charge in [-0.15, -0.1) is 0 Å². The van der Waals surface area contributed by atoms with E-state index in [0.717, 1.165) is 0 Å². The quantitative estimate of drug-likeness (QED) is 0.789. The summed E-state index contributed by atoms with van der Waals surface area (Å²) in [5.74, 6) is 0.117. The maximum absolute atomic E-state index is 11.7. The molecule has 1 unspecified atom stereocenters. The minimum atomic E-state index is -3.66. The van der Waals surface area contributed by atoms with Crippen molar-refractivity contribution in [1.82, 2.24) is 9.97 Å². The number of nitrogens with one attached hydrogen (secondary N) is 1.